The molecule has 2 unspecified atom stereocenters. The molecule has 0 saturated carbocycles. The van der Waals surface area contributed by atoms with E-state index in [0.717, 1.165) is 41.7 Å². The molecule has 1 N–H and O–H groups in total. The number of benzene rings is 1. The normalized spacial score (nSPS) is 26.0. The maximum atomic E-state index is 9.44. The van der Waals surface area contributed by atoms with Gasteiger partial charge in [0.1, 0.15) is 6.07 Å². The van der Waals surface area contributed by atoms with Gasteiger partial charge in [-0.3, -0.25) is 0 Å². The number of nitriles is 1. The molecule has 4 heteroatoms. The minimum absolute atomic E-state index is 0.609. The Morgan fingerprint density at radius 1 is 1.42 bits per heavy atom. The highest BCUT2D eigenvalue weighted by Gasteiger charge is 2.35. The molecule has 3 rings (SSSR count). The number of fused-ring (bicyclic) bond motifs is 1. The Kier molecular flexibility index (Phi) is 3.67. The largest absolute Gasteiger partial charge is 0.369 e. The number of rotatable bonds is 2. The molecule has 0 spiro atoms. The molecular formula is C15H19N3S. The number of thioether (sulfide) groups is 1. The molecule has 0 radical (unpaired) electrons. The summed E-state index contributed by atoms with van der Waals surface area (Å²) in [7, 11) is 0. The van der Waals surface area contributed by atoms with Gasteiger partial charge in [-0.05, 0) is 43.7 Å². The number of piperidine rings is 1. The van der Waals surface area contributed by atoms with Gasteiger partial charge in [0.25, 0.3) is 0 Å². The minimum atomic E-state index is 0.609. The van der Waals surface area contributed by atoms with Crippen LogP contribution in [0.25, 0.3) is 0 Å². The summed E-state index contributed by atoms with van der Waals surface area (Å²) in [5, 5.41) is 13.1. The van der Waals surface area contributed by atoms with Crippen LogP contribution in [0.2, 0.25) is 0 Å². The third kappa shape index (κ3) is 2.33. The topological polar surface area (TPSA) is 39.1 Å². The lowest BCUT2D eigenvalue weighted by atomic mass is 9.94. The van der Waals surface area contributed by atoms with Gasteiger partial charge in [0.05, 0.1) is 11.3 Å². The van der Waals surface area contributed by atoms with Gasteiger partial charge in [-0.25, -0.2) is 0 Å². The summed E-state index contributed by atoms with van der Waals surface area (Å²) in [5.41, 5.74) is 1.96. The quantitative estimate of drug-likeness (QED) is 0.840. The van der Waals surface area contributed by atoms with Crippen LogP contribution < -0.4 is 10.2 Å². The summed E-state index contributed by atoms with van der Waals surface area (Å²) in [4.78, 5) is 3.48. The van der Waals surface area contributed by atoms with Crippen LogP contribution in [0, 0.1) is 17.2 Å². The molecule has 2 atom stereocenters. The number of hydrogen-bond donors (Lipinski definition) is 1. The zero-order valence-corrected chi connectivity index (χ0v) is 12.0. The molecule has 100 valence electrons. The molecule has 3 nitrogen and oxygen atoms in total. The highest BCUT2D eigenvalue weighted by atomic mass is 32.2. The lowest BCUT2D eigenvalue weighted by molar-refractivity contribution is 0.340. The van der Waals surface area contributed by atoms with Crippen molar-refractivity contribution in [2.45, 2.75) is 23.8 Å². The van der Waals surface area contributed by atoms with E-state index in [9.17, 15) is 5.26 Å². The number of nitrogens with one attached hydrogen (secondary N) is 1. The van der Waals surface area contributed by atoms with E-state index < -0.39 is 0 Å². The molecule has 1 aromatic carbocycles. The van der Waals surface area contributed by atoms with Gasteiger partial charge in [-0.15, -0.1) is 11.8 Å². The van der Waals surface area contributed by atoms with E-state index in [1.54, 1.807) is 11.8 Å². The predicted molar refractivity (Wildman–Crippen MR) is 79.7 cm³/mol. The van der Waals surface area contributed by atoms with Crippen molar-refractivity contribution < 1.29 is 0 Å². The Morgan fingerprint density at radius 3 is 3.05 bits per heavy atom. The van der Waals surface area contributed by atoms with Gasteiger partial charge in [-0.2, -0.15) is 5.26 Å². The number of anilines is 1. The molecule has 0 amide bonds. The fourth-order valence-corrected chi connectivity index (χ4v) is 3.88. The zero-order chi connectivity index (χ0) is 13.2. The van der Waals surface area contributed by atoms with Crippen molar-refractivity contribution in [3.05, 3.63) is 23.8 Å². The molecule has 1 aromatic rings. The summed E-state index contributed by atoms with van der Waals surface area (Å²) in [5.74, 6) is 0.748. The van der Waals surface area contributed by atoms with Gasteiger partial charge >= 0.3 is 0 Å². The van der Waals surface area contributed by atoms with Crippen molar-refractivity contribution in [2.24, 2.45) is 5.92 Å². The Bertz CT molecular complexity index is 495. The molecule has 0 aromatic heterocycles. The second kappa shape index (κ2) is 5.44. The van der Waals surface area contributed by atoms with E-state index in [1.807, 2.05) is 12.3 Å². The molecule has 2 saturated heterocycles. The maximum absolute atomic E-state index is 9.44. The van der Waals surface area contributed by atoms with E-state index in [4.69, 9.17) is 0 Å². The van der Waals surface area contributed by atoms with Crippen LogP contribution in [0.5, 0.6) is 0 Å². The Morgan fingerprint density at radius 2 is 2.32 bits per heavy atom. The second-order valence-electron chi connectivity index (χ2n) is 5.33. The van der Waals surface area contributed by atoms with Crippen molar-refractivity contribution in [1.82, 2.24) is 5.32 Å². The summed E-state index contributed by atoms with van der Waals surface area (Å²) in [6.07, 6.45) is 4.63. The molecular weight excluding hydrogens is 254 g/mol. The van der Waals surface area contributed by atoms with E-state index in [1.165, 1.54) is 12.8 Å². The Hall–Kier alpha value is -1.18. The molecule has 2 fully saturated rings. The van der Waals surface area contributed by atoms with E-state index in [0.29, 0.717) is 6.04 Å². The van der Waals surface area contributed by atoms with Crippen molar-refractivity contribution in [3.63, 3.8) is 0 Å². The minimum Gasteiger partial charge on any atom is -0.369 e. The van der Waals surface area contributed by atoms with Crippen LogP contribution in [0.15, 0.2) is 23.1 Å². The molecule has 2 heterocycles. The Labute approximate surface area is 119 Å². The van der Waals surface area contributed by atoms with Gasteiger partial charge in [-0.1, -0.05) is 6.07 Å². The smallest absolute Gasteiger partial charge is 0.103 e. The third-order valence-corrected chi connectivity index (χ3v) is 5.06. The second-order valence-corrected chi connectivity index (χ2v) is 6.18. The van der Waals surface area contributed by atoms with Crippen molar-refractivity contribution in [2.75, 3.05) is 30.8 Å². The summed E-state index contributed by atoms with van der Waals surface area (Å²) < 4.78 is 0. The lowest BCUT2D eigenvalue weighted by Gasteiger charge is -2.24. The summed E-state index contributed by atoms with van der Waals surface area (Å²) in [6.45, 7) is 3.27. The van der Waals surface area contributed by atoms with Gasteiger partial charge in [0.15, 0.2) is 0 Å². The monoisotopic (exact) mass is 273 g/mol. The number of hydrogen-bond acceptors (Lipinski definition) is 4. The fraction of sp³-hybridized carbons (Fsp3) is 0.533. The van der Waals surface area contributed by atoms with Gasteiger partial charge in [0, 0.05) is 24.0 Å². The fourth-order valence-electron chi connectivity index (χ4n) is 3.31. The SMILES string of the molecule is CSc1cccc(N2CC3CCCNC3C2)c1C#N. The lowest BCUT2D eigenvalue weighted by Crippen LogP contribution is -2.40. The first-order valence-corrected chi connectivity index (χ1v) is 8.11. The summed E-state index contributed by atoms with van der Waals surface area (Å²) >= 11 is 1.65. The van der Waals surface area contributed by atoms with Crippen LogP contribution in [-0.2, 0) is 0 Å². The van der Waals surface area contributed by atoms with Crippen molar-refractivity contribution in [3.8, 4) is 6.07 Å². The first kappa shape index (κ1) is 12.8. The van der Waals surface area contributed by atoms with Crippen LogP contribution in [-0.4, -0.2) is 31.9 Å². The highest BCUT2D eigenvalue weighted by molar-refractivity contribution is 7.98. The van der Waals surface area contributed by atoms with Crippen LogP contribution >= 0.6 is 11.8 Å². The molecule has 19 heavy (non-hydrogen) atoms. The third-order valence-electron chi connectivity index (χ3n) is 4.28. The van der Waals surface area contributed by atoms with Gasteiger partial charge in [0.2, 0.25) is 0 Å². The number of nitrogens with zero attached hydrogens (tertiary/aromatic N) is 2. The maximum Gasteiger partial charge on any atom is 0.103 e. The zero-order valence-electron chi connectivity index (χ0n) is 11.2. The first-order chi connectivity index (χ1) is 9.33. The first-order valence-electron chi connectivity index (χ1n) is 6.89. The average Bonchev–Trinajstić information content (AvgIpc) is 2.89. The highest BCUT2D eigenvalue weighted by Crippen LogP contribution is 2.34. The van der Waals surface area contributed by atoms with E-state index >= 15 is 0 Å². The standard InChI is InChI=1S/C15H19N3S/c1-19-15-6-2-5-14(12(15)8-16)18-9-11-4-3-7-17-13(11)10-18/h2,5-6,11,13,17H,3-4,7,9-10H2,1H3. The molecule has 2 aliphatic heterocycles. The van der Waals surface area contributed by atoms with Gasteiger partial charge < -0.3 is 10.2 Å². The van der Waals surface area contributed by atoms with E-state index in [-0.39, 0.29) is 0 Å². The van der Waals surface area contributed by atoms with Crippen molar-refractivity contribution in [1.29, 1.82) is 5.26 Å². The van der Waals surface area contributed by atoms with Crippen LogP contribution in [0.3, 0.4) is 0 Å². The van der Waals surface area contributed by atoms with Crippen molar-refractivity contribution >= 4 is 17.4 Å². The van der Waals surface area contributed by atoms with Crippen LogP contribution in [0.1, 0.15) is 18.4 Å². The molecule has 0 aliphatic carbocycles. The molecule has 0 bridgehead atoms. The predicted octanol–water partition coefficient (Wildman–Crippen LogP) is 2.47. The Balaban J connectivity index is 1.89. The average molecular weight is 273 g/mol. The summed E-state index contributed by atoms with van der Waals surface area (Å²) in [6, 6.07) is 9.20. The molecule has 2 aliphatic rings. The van der Waals surface area contributed by atoms with E-state index in [2.05, 4.69) is 28.4 Å². The van der Waals surface area contributed by atoms with Crippen LogP contribution in [0.4, 0.5) is 5.69 Å².